The highest BCUT2D eigenvalue weighted by Gasteiger charge is 2.46. The number of aromatic amines is 1. The van der Waals surface area contributed by atoms with Gasteiger partial charge in [0.25, 0.3) is 0 Å². The number of hydrogen-bond acceptors (Lipinski definition) is 3. The number of fused-ring (bicyclic) bond motifs is 1. The average Bonchev–Trinajstić information content (AvgIpc) is 3.28. The summed E-state index contributed by atoms with van der Waals surface area (Å²) >= 11 is 0. The number of nitrogens with one attached hydrogen (secondary N) is 2. The van der Waals surface area contributed by atoms with Gasteiger partial charge in [-0.2, -0.15) is 0 Å². The Morgan fingerprint density at radius 1 is 1.03 bits per heavy atom. The van der Waals surface area contributed by atoms with E-state index in [0.717, 1.165) is 31.4 Å². The lowest BCUT2D eigenvalue weighted by Crippen LogP contribution is -2.45. The minimum Gasteiger partial charge on any atom is -0.441 e. The largest absolute Gasteiger partial charge is 0.441 e. The molecule has 1 amide bonds. The van der Waals surface area contributed by atoms with E-state index in [2.05, 4.69) is 59.0 Å². The molecule has 1 atom stereocenters. The van der Waals surface area contributed by atoms with Gasteiger partial charge < -0.3 is 19.9 Å². The van der Waals surface area contributed by atoms with E-state index in [-0.39, 0.29) is 30.0 Å². The van der Waals surface area contributed by atoms with Crippen LogP contribution in [0.1, 0.15) is 29.9 Å². The van der Waals surface area contributed by atoms with E-state index in [1.165, 1.54) is 16.5 Å². The number of para-hydroxylation sites is 1. The van der Waals surface area contributed by atoms with Crippen LogP contribution in [0, 0.1) is 0 Å². The summed E-state index contributed by atoms with van der Waals surface area (Å²) in [6.45, 7) is 3.12. The van der Waals surface area contributed by atoms with Crippen LogP contribution in [0.3, 0.4) is 0 Å². The summed E-state index contributed by atoms with van der Waals surface area (Å²) < 4.78 is 5.88. The lowest BCUT2D eigenvalue weighted by molar-refractivity contribution is 0.0316. The fraction of sp³-hybridized carbons (Fsp3) is 0.348. The van der Waals surface area contributed by atoms with Crippen LogP contribution < -0.4 is 5.32 Å². The zero-order valence-electron chi connectivity index (χ0n) is 16.3. The first-order valence-electron chi connectivity index (χ1n) is 10.0. The molecule has 2 N–H and O–H groups in total. The monoisotopic (exact) mass is 411 g/mol. The summed E-state index contributed by atoms with van der Waals surface area (Å²) in [5.74, 6) is 0.0989. The number of carbonyl (C=O) groups is 1. The molecule has 2 aliphatic heterocycles. The van der Waals surface area contributed by atoms with Gasteiger partial charge in [0.1, 0.15) is 5.60 Å². The van der Waals surface area contributed by atoms with Crippen LogP contribution >= 0.6 is 12.4 Å². The number of carbonyl (C=O) groups excluding carboxylic acids is 1. The second kappa shape index (κ2) is 8.09. The van der Waals surface area contributed by atoms with E-state index in [0.29, 0.717) is 13.1 Å². The summed E-state index contributed by atoms with van der Waals surface area (Å²) in [6, 6.07) is 18.8. The van der Waals surface area contributed by atoms with Crippen LogP contribution in [-0.2, 0) is 4.74 Å². The van der Waals surface area contributed by atoms with Crippen molar-refractivity contribution in [2.45, 2.75) is 24.4 Å². The van der Waals surface area contributed by atoms with Crippen molar-refractivity contribution in [2.75, 3.05) is 26.2 Å². The number of aromatic nitrogens is 1. The second-order valence-corrected chi connectivity index (χ2v) is 7.93. The number of ether oxygens (including phenoxy) is 1. The Balaban J connectivity index is 0.00000205. The first kappa shape index (κ1) is 19.8. The fourth-order valence-corrected chi connectivity index (χ4v) is 4.65. The molecule has 152 valence electrons. The predicted octanol–water partition coefficient (Wildman–Crippen LogP) is 4.30. The number of piperidine rings is 1. The molecule has 3 heterocycles. The molecule has 6 heteroatoms. The molecule has 0 bridgehead atoms. The summed E-state index contributed by atoms with van der Waals surface area (Å²) in [5.41, 5.74) is 3.24. The summed E-state index contributed by atoms with van der Waals surface area (Å²) in [5, 5.41) is 4.57. The minimum atomic E-state index is -0.316. The summed E-state index contributed by atoms with van der Waals surface area (Å²) in [7, 11) is 0. The Morgan fingerprint density at radius 2 is 1.76 bits per heavy atom. The second-order valence-electron chi connectivity index (χ2n) is 7.93. The number of nitrogens with zero attached hydrogens (tertiary/aromatic N) is 1. The lowest BCUT2D eigenvalue weighted by atomic mass is 9.89. The maximum absolute atomic E-state index is 12.7. The molecule has 2 saturated heterocycles. The van der Waals surface area contributed by atoms with Gasteiger partial charge >= 0.3 is 6.09 Å². The zero-order chi connectivity index (χ0) is 19.0. The normalized spacial score (nSPS) is 19.2. The number of halogens is 1. The summed E-state index contributed by atoms with van der Waals surface area (Å²) in [4.78, 5) is 18.0. The molecule has 1 unspecified atom stereocenters. The van der Waals surface area contributed by atoms with Gasteiger partial charge in [0.2, 0.25) is 0 Å². The topological polar surface area (TPSA) is 57.4 Å². The highest BCUT2D eigenvalue weighted by atomic mass is 35.5. The average molecular weight is 412 g/mol. The molecule has 2 aromatic carbocycles. The van der Waals surface area contributed by atoms with Crippen molar-refractivity contribution in [3.8, 4) is 0 Å². The highest BCUT2D eigenvalue weighted by molar-refractivity contribution is 5.85. The van der Waals surface area contributed by atoms with Crippen LogP contribution in [0.2, 0.25) is 0 Å². The Kier molecular flexibility index (Phi) is 5.52. The molecule has 2 aliphatic rings. The molecule has 1 aromatic heterocycles. The summed E-state index contributed by atoms with van der Waals surface area (Å²) in [6.07, 6.45) is 3.68. The molecule has 1 spiro atoms. The van der Waals surface area contributed by atoms with E-state index < -0.39 is 0 Å². The Bertz CT molecular complexity index is 982. The van der Waals surface area contributed by atoms with Crippen molar-refractivity contribution in [3.63, 3.8) is 0 Å². The number of rotatable bonds is 4. The van der Waals surface area contributed by atoms with Crippen LogP contribution in [0.15, 0.2) is 60.8 Å². The van der Waals surface area contributed by atoms with E-state index in [9.17, 15) is 4.79 Å². The molecule has 5 rings (SSSR count). The van der Waals surface area contributed by atoms with Gasteiger partial charge in [0.05, 0.1) is 6.54 Å². The molecule has 0 aliphatic carbocycles. The van der Waals surface area contributed by atoms with Crippen molar-refractivity contribution < 1.29 is 9.53 Å². The smallest absolute Gasteiger partial charge is 0.410 e. The first-order chi connectivity index (χ1) is 13.7. The number of hydrogen-bond donors (Lipinski definition) is 2. The molecule has 5 nitrogen and oxygen atoms in total. The maximum atomic E-state index is 12.7. The number of benzene rings is 2. The molecule has 2 fully saturated rings. The van der Waals surface area contributed by atoms with Crippen molar-refractivity contribution in [1.29, 1.82) is 0 Å². The molecule has 3 aromatic rings. The SMILES string of the molecule is Cl.O=C1OC2(CCNCC2)CN1CC(c1ccccc1)c1c[nH]c2ccccc12. The van der Waals surface area contributed by atoms with Crippen LogP contribution in [0.25, 0.3) is 10.9 Å². The van der Waals surface area contributed by atoms with Crippen LogP contribution in [0.5, 0.6) is 0 Å². The predicted molar refractivity (Wildman–Crippen MR) is 117 cm³/mol. The van der Waals surface area contributed by atoms with Crippen LogP contribution in [0.4, 0.5) is 4.79 Å². The van der Waals surface area contributed by atoms with Crippen LogP contribution in [-0.4, -0.2) is 47.8 Å². The maximum Gasteiger partial charge on any atom is 0.410 e. The number of H-pyrrole nitrogens is 1. The van der Waals surface area contributed by atoms with E-state index in [4.69, 9.17) is 4.74 Å². The molecule has 29 heavy (non-hydrogen) atoms. The van der Waals surface area contributed by atoms with Gasteiger partial charge in [-0.1, -0.05) is 48.5 Å². The highest BCUT2D eigenvalue weighted by Crippen LogP contribution is 2.36. The van der Waals surface area contributed by atoms with Gasteiger partial charge in [-0.3, -0.25) is 0 Å². The Hall–Kier alpha value is -2.50. The van der Waals surface area contributed by atoms with E-state index in [1.54, 1.807) is 0 Å². The van der Waals surface area contributed by atoms with Gasteiger partial charge in [0, 0.05) is 42.4 Å². The Labute approximate surface area is 176 Å². The third-order valence-corrected chi connectivity index (χ3v) is 6.16. The van der Waals surface area contributed by atoms with Crippen molar-refractivity contribution in [3.05, 3.63) is 71.9 Å². The first-order valence-corrected chi connectivity index (χ1v) is 10.0. The third kappa shape index (κ3) is 3.72. The third-order valence-electron chi connectivity index (χ3n) is 6.16. The fourth-order valence-electron chi connectivity index (χ4n) is 4.65. The minimum absolute atomic E-state index is 0. The molecule has 0 radical (unpaired) electrons. The molecule has 0 saturated carbocycles. The standard InChI is InChI=1S/C23H25N3O2.ClH/c27-22-26(16-23(28-22)10-12-24-13-11-23)15-20(17-6-2-1-3-7-17)19-14-25-21-9-5-4-8-18(19)21;/h1-9,14,20,24-25H,10-13,15-16H2;1H. The quantitative estimate of drug-likeness (QED) is 0.673. The van der Waals surface area contributed by atoms with Gasteiger partial charge in [-0.05, 0) is 30.3 Å². The van der Waals surface area contributed by atoms with Gasteiger partial charge in [0.15, 0.2) is 0 Å². The van der Waals surface area contributed by atoms with E-state index in [1.807, 2.05) is 17.0 Å². The van der Waals surface area contributed by atoms with Gasteiger partial charge in [-0.25, -0.2) is 4.79 Å². The van der Waals surface area contributed by atoms with Gasteiger partial charge in [-0.15, -0.1) is 12.4 Å². The van der Waals surface area contributed by atoms with Crippen molar-refractivity contribution in [1.82, 2.24) is 15.2 Å². The van der Waals surface area contributed by atoms with Crippen molar-refractivity contribution in [2.24, 2.45) is 0 Å². The lowest BCUT2D eigenvalue weighted by Gasteiger charge is -2.31. The van der Waals surface area contributed by atoms with Crippen molar-refractivity contribution >= 4 is 29.4 Å². The molecular weight excluding hydrogens is 386 g/mol. The Morgan fingerprint density at radius 3 is 2.55 bits per heavy atom. The van der Waals surface area contributed by atoms with E-state index >= 15 is 0 Å². The zero-order valence-corrected chi connectivity index (χ0v) is 17.1. The molecular formula is C23H26ClN3O2. The number of amides is 1.